The average Bonchev–Trinajstić information content (AvgIpc) is 4.22. The van der Waals surface area contributed by atoms with E-state index in [1.165, 1.54) is 131 Å². The number of aryl methyl sites for hydroxylation is 2. The van der Waals surface area contributed by atoms with Crippen LogP contribution in [0.25, 0.3) is 73.6 Å². The summed E-state index contributed by atoms with van der Waals surface area (Å²) >= 11 is 9.30. The molecule has 0 N–H and O–H groups in total. The first-order valence-corrected chi connectivity index (χ1v) is 30.8. The van der Waals surface area contributed by atoms with Crippen LogP contribution < -0.4 is 0 Å². The molecule has 0 saturated heterocycles. The van der Waals surface area contributed by atoms with E-state index in [0.29, 0.717) is 34.0 Å². The maximum atomic E-state index is 16.9. The lowest BCUT2D eigenvalue weighted by Gasteiger charge is -2.37. The van der Waals surface area contributed by atoms with E-state index in [2.05, 4.69) is 77.9 Å². The van der Waals surface area contributed by atoms with Gasteiger partial charge in [0.25, 0.3) is 0 Å². The molecule has 1 aliphatic rings. The van der Waals surface area contributed by atoms with Crippen molar-refractivity contribution in [2.24, 2.45) is 11.8 Å². The summed E-state index contributed by atoms with van der Waals surface area (Å²) in [6, 6.07) is 16.8. The molecule has 0 fully saturated rings. The fraction of sp³-hybridized carbons (Fsp3) is 0.509. The molecule has 0 radical (unpaired) electrons. The Bertz CT molecular complexity index is 2770. The van der Waals surface area contributed by atoms with Crippen LogP contribution in [-0.4, -0.2) is 17.5 Å². The van der Waals surface area contributed by atoms with Crippen LogP contribution >= 0.6 is 68.8 Å². The van der Waals surface area contributed by atoms with Gasteiger partial charge in [-0.3, -0.25) is 0 Å². The first kappa shape index (κ1) is 50.7. The highest BCUT2D eigenvalue weighted by molar-refractivity contribution is 7.26. The second-order valence-corrected chi connectivity index (χ2v) is 25.2. The molecule has 2 atom stereocenters. The highest BCUT2D eigenvalue weighted by Crippen LogP contribution is 2.63. The summed E-state index contributed by atoms with van der Waals surface area (Å²) in [5, 5.41) is 0. The molecule has 0 saturated carbocycles. The number of benzene rings is 2. The summed E-state index contributed by atoms with van der Waals surface area (Å²) in [6.07, 6.45) is 23.2. The molecule has 0 spiro atoms. The number of halogens is 2. The van der Waals surface area contributed by atoms with Crippen LogP contribution in [0.3, 0.4) is 0 Å². The largest absolute Gasteiger partial charge is 0.206 e. The summed E-state index contributed by atoms with van der Waals surface area (Å²) in [7, 11) is 0. The third kappa shape index (κ3) is 10.4. The Hall–Kier alpha value is -3.26. The lowest BCUT2D eigenvalue weighted by molar-refractivity contribution is 0.266. The molecule has 6 heterocycles. The lowest BCUT2D eigenvalue weighted by Crippen LogP contribution is -2.31. The standard InChI is InChI=1S/C57H68F2N4S6/c1-7-13-17-19-23-37-25-27-45(64-37)49-43(58)29-39(51-53(49)62-68-60-51)47-31-41-55(66-47)56-42(57(41,33-35(11-5)21-15-9-3)34-36(12-6)22-16-10-4)32-48(67-56)40-30-44(59)50(54-52(40)61-69-63-54)46-28-26-38(65-46)24-20-18-14-8-2/h25-32,35-36H,7-24,33-34H2,1-6H3. The second-order valence-electron chi connectivity index (χ2n) is 19.7. The molecule has 0 bridgehead atoms. The summed E-state index contributed by atoms with van der Waals surface area (Å²) in [4.78, 5) is 9.06. The van der Waals surface area contributed by atoms with Crippen molar-refractivity contribution in [3.8, 4) is 51.5 Å². The van der Waals surface area contributed by atoms with Crippen molar-refractivity contribution >= 4 is 90.9 Å². The highest BCUT2D eigenvalue weighted by atomic mass is 32.1. The molecule has 2 aromatic carbocycles. The molecule has 8 aromatic rings. The molecule has 69 heavy (non-hydrogen) atoms. The van der Waals surface area contributed by atoms with E-state index in [1.807, 2.05) is 0 Å². The smallest absolute Gasteiger partial charge is 0.134 e. The predicted octanol–water partition coefficient (Wildman–Crippen LogP) is 20.6. The van der Waals surface area contributed by atoms with Gasteiger partial charge in [-0.1, -0.05) is 131 Å². The summed E-state index contributed by atoms with van der Waals surface area (Å²) < 4.78 is 53.2. The SMILES string of the molecule is CCCCCCc1ccc(-c2c(F)cc(-c3cc4c(s3)-c3sc(-c5cc(F)c(-c6ccc(CCCCCC)s6)c6nsnc56)cc3C4(CC(CC)CCCC)CC(CC)CCCC)c3nsnc23)s1. The molecule has 6 aromatic heterocycles. The molecule has 1 aliphatic carbocycles. The average molecular weight is 1040 g/mol. The number of fused-ring (bicyclic) bond motifs is 5. The third-order valence-corrected chi connectivity index (χ3v) is 20.8. The van der Waals surface area contributed by atoms with Gasteiger partial charge in [0.1, 0.15) is 33.7 Å². The van der Waals surface area contributed by atoms with Crippen LogP contribution in [0.5, 0.6) is 0 Å². The number of hydrogen-bond donors (Lipinski definition) is 0. The van der Waals surface area contributed by atoms with Gasteiger partial charge in [-0.05, 0) is 110 Å². The van der Waals surface area contributed by atoms with Gasteiger partial charge in [-0.15, -0.1) is 45.3 Å². The van der Waals surface area contributed by atoms with Gasteiger partial charge in [-0.2, -0.15) is 17.5 Å². The number of nitrogens with zero attached hydrogens (tertiary/aromatic N) is 4. The molecule has 9 rings (SSSR count). The van der Waals surface area contributed by atoms with Crippen molar-refractivity contribution < 1.29 is 8.78 Å². The van der Waals surface area contributed by atoms with Crippen LogP contribution in [0.15, 0.2) is 48.5 Å². The van der Waals surface area contributed by atoms with Crippen LogP contribution in [0.2, 0.25) is 0 Å². The number of thiophene rings is 4. The topological polar surface area (TPSA) is 51.6 Å². The van der Waals surface area contributed by atoms with Gasteiger partial charge >= 0.3 is 0 Å². The van der Waals surface area contributed by atoms with Crippen molar-refractivity contribution in [1.82, 2.24) is 17.5 Å². The minimum Gasteiger partial charge on any atom is -0.206 e. The molecule has 2 unspecified atom stereocenters. The molecule has 4 nitrogen and oxygen atoms in total. The molecule has 0 aliphatic heterocycles. The van der Waals surface area contributed by atoms with E-state index in [9.17, 15) is 0 Å². The summed E-state index contributed by atoms with van der Waals surface area (Å²) in [6.45, 7) is 13.8. The Kier molecular flexibility index (Phi) is 17.0. The fourth-order valence-corrected chi connectivity index (χ4v) is 17.1. The van der Waals surface area contributed by atoms with Crippen molar-refractivity contribution in [3.05, 3.63) is 81.0 Å². The Balaban J connectivity index is 1.17. The fourth-order valence-electron chi connectivity index (χ4n) is 11.0. The van der Waals surface area contributed by atoms with Gasteiger partial charge in [0.05, 0.1) is 34.6 Å². The van der Waals surface area contributed by atoms with Crippen LogP contribution in [0.4, 0.5) is 8.78 Å². The van der Waals surface area contributed by atoms with E-state index in [0.717, 1.165) is 93.0 Å². The van der Waals surface area contributed by atoms with E-state index >= 15 is 8.78 Å². The molecule has 366 valence electrons. The predicted molar refractivity (Wildman–Crippen MR) is 299 cm³/mol. The minimum absolute atomic E-state index is 0.239. The van der Waals surface area contributed by atoms with Gasteiger partial charge in [0.2, 0.25) is 0 Å². The van der Waals surface area contributed by atoms with Crippen molar-refractivity contribution in [2.45, 2.75) is 175 Å². The first-order chi connectivity index (χ1) is 33.7. The first-order valence-electron chi connectivity index (χ1n) is 26.1. The van der Waals surface area contributed by atoms with Crippen molar-refractivity contribution in [1.29, 1.82) is 0 Å². The van der Waals surface area contributed by atoms with Gasteiger partial charge in [0.15, 0.2) is 0 Å². The van der Waals surface area contributed by atoms with E-state index in [4.69, 9.17) is 17.5 Å². The summed E-state index contributed by atoms with van der Waals surface area (Å²) in [5.74, 6) is 0.607. The van der Waals surface area contributed by atoms with Crippen molar-refractivity contribution in [2.75, 3.05) is 0 Å². The molecular weight excluding hydrogens is 971 g/mol. The third-order valence-electron chi connectivity index (χ3n) is 14.9. The van der Waals surface area contributed by atoms with Gasteiger partial charge in [-0.25, -0.2) is 8.78 Å². The van der Waals surface area contributed by atoms with E-state index < -0.39 is 0 Å². The normalized spacial score (nSPS) is 14.1. The zero-order chi connectivity index (χ0) is 48.1. The Labute approximate surface area is 433 Å². The second kappa shape index (κ2) is 23.1. The molecule has 0 amide bonds. The zero-order valence-electron chi connectivity index (χ0n) is 41.4. The Morgan fingerprint density at radius 3 is 1.29 bits per heavy atom. The number of unbranched alkanes of at least 4 members (excludes halogenated alkanes) is 8. The van der Waals surface area contributed by atoms with Crippen LogP contribution in [0.1, 0.15) is 178 Å². The van der Waals surface area contributed by atoms with Crippen LogP contribution in [-0.2, 0) is 18.3 Å². The number of aromatic nitrogens is 4. The molecular formula is C57H68F2N4S6. The van der Waals surface area contributed by atoms with Gasteiger partial charge in [0, 0.05) is 55.6 Å². The zero-order valence-corrected chi connectivity index (χ0v) is 46.3. The maximum Gasteiger partial charge on any atom is 0.134 e. The quantitative estimate of drug-likeness (QED) is 0.0507. The Morgan fingerprint density at radius 1 is 0.464 bits per heavy atom. The number of rotatable bonds is 26. The summed E-state index contributed by atoms with van der Waals surface area (Å²) in [5.41, 5.74) is 8.18. The van der Waals surface area contributed by atoms with E-state index in [1.54, 1.807) is 57.5 Å². The number of hydrogen-bond acceptors (Lipinski definition) is 10. The highest BCUT2D eigenvalue weighted by Gasteiger charge is 2.48. The van der Waals surface area contributed by atoms with E-state index in [-0.39, 0.29) is 17.0 Å². The van der Waals surface area contributed by atoms with Crippen LogP contribution in [0, 0.1) is 23.5 Å². The maximum absolute atomic E-state index is 16.9. The minimum atomic E-state index is -0.248. The monoisotopic (exact) mass is 1040 g/mol. The van der Waals surface area contributed by atoms with Gasteiger partial charge < -0.3 is 0 Å². The van der Waals surface area contributed by atoms with Crippen molar-refractivity contribution in [3.63, 3.8) is 0 Å². The molecule has 12 heteroatoms. The Morgan fingerprint density at radius 2 is 0.884 bits per heavy atom. The lowest BCUT2D eigenvalue weighted by atomic mass is 9.65.